The van der Waals surface area contributed by atoms with Gasteiger partial charge in [-0.2, -0.15) is 0 Å². The molecule has 52 heavy (non-hydrogen) atoms. The van der Waals surface area contributed by atoms with Gasteiger partial charge in [0.1, 0.15) is 6.61 Å². The summed E-state index contributed by atoms with van der Waals surface area (Å²) in [5, 5.41) is 0. The second kappa shape index (κ2) is 33.5. The van der Waals surface area contributed by atoms with Crippen LogP contribution in [0, 0.1) is 0 Å². The molecule has 0 aliphatic carbocycles. The number of unbranched alkanes of at least 4 members (excludes halogenated alkanes) is 13. The Morgan fingerprint density at radius 1 is 0.692 bits per heavy atom. The highest BCUT2D eigenvalue weighted by molar-refractivity contribution is 7.47. The molecule has 4 atom stereocenters. The summed E-state index contributed by atoms with van der Waals surface area (Å²) in [4.78, 5) is 34.7. The van der Waals surface area contributed by atoms with Gasteiger partial charge >= 0.3 is 19.8 Å². The van der Waals surface area contributed by atoms with E-state index in [9.17, 15) is 19.0 Å². The average molecular weight is 754 g/mol. The number of esters is 2. The molecule has 0 amide bonds. The van der Waals surface area contributed by atoms with Crippen molar-refractivity contribution in [2.75, 3.05) is 26.4 Å². The molecule has 0 saturated carbocycles. The zero-order valence-electron chi connectivity index (χ0n) is 32.5. The standard InChI is InChI=1S/C41H72NO9P/c1-3-5-6-7-8-9-10-12-16-19-22-25-28-31-40(43)47-35-37(36-49-52(45,46)48-34-33-42)50-41(44)32-29-26-23-20-17-14-11-13-15-18-21-24-27-30-39-38(4-2)51-39/h11,14-15,18,20,23-24,27,37-39H,3-10,12-13,16-17,19,21-22,25-26,28-36,42H2,1-2H3,(H,45,46). The van der Waals surface area contributed by atoms with Crippen LogP contribution in [0.2, 0.25) is 0 Å². The van der Waals surface area contributed by atoms with Gasteiger partial charge in [-0.25, -0.2) is 4.57 Å². The van der Waals surface area contributed by atoms with E-state index in [4.69, 9.17) is 29.0 Å². The maximum atomic E-state index is 12.5. The first-order valence-corrected chi connectivity index (χ1v) is 21.7. The fourth-order valence-electron chi connectivity index (χ4n) is 5.56. The molecule has 1 aliphatic heterocycles. The van der Waals surface area contributed by atoms with Crippen molar-refractivity contribution in [2.45, 2.75) is 173 Å². The molecule has 3 N–H and O–H groups in total. The van der Waals surface area contributed by atoms with Crippen molar-refractivity contribution in [1.82, 2.24) is 0 Å². The maximum absolute atomic E-state index is 12.5. The Morgan fingerprint density at radius 2 is 1.23 bits per heavy atom. The molecular weight excluding hydrogens is 681 g/mol. The molecule has 0 bridgehead atoms. The minimum Gasteiger partial charge on any atom is -0.462 e. The van der Waals surface area contributed by atoms with Crippen molar-refractivity contribution in [3.63, 3.8) is 0 Å². The SMILES string of the molecule is CCCCCCCCCCCCCCCC(=O)OCC(COP(=O)(O)OCCN)OC(=O)CCCC=CCC=CCC=CCC=CCC1OC1CC. The molecule has 1 saturated heterocycles. The van der Waals surface area contributed by atoms with Gasteiger partial charge in [-0.3, -0.25) is 18.6 Å². The molecule has 0 aromatic heterocycles. The number of rotatable bonds is 36. The van der Waals surface area contributed by atoms with Gasteiger partial charge in [0.05, 0.1) is 25.4 Å². The molecule has 1 rings (SSSR count). The molecule has 1 fully saturated rings. The van der Waals surface area contributed by atoms with Gasteiger partial charge in [-0.1, -0.05) is 140 Å². The summed E-state index contributed by atoms with van der Waals surface area (Å²) in [5.74, 6) is -0.902. The Kier molecular flexibility index (Phi) is 30.9. The van der Waals surface area contributed by atoms with Crippen LogP contribution >= 0.6 is 7.82 Å². The maximum Gasteiger partial charge on any atom is 0.472 e. The third-order valence-corrected chi connectivity index (χ3v) is 9.69. The first-order valence-electron chi connectivity index (χ1n) is 20.2. The van der Waals surface area contributed by atoms with Crippen LogP contribution in [-0.2, 0) is 37.4 Å². The molecule has 4 unspecified atom stereocenters. The number of hydrogen-bond donors (Lipinski definition) is 2. The number of epoxide rings is 1. The molecule has 10 nitrogen and oxygen atoms in total. The lowest BCUT2D eigenvalue weighted by Gasteiger charge is -2.19. The highest BCUT2D eigenvalue weighted by atomic mass is 31.2. The minimum absolute atomic E-state index is 0.0418. The Labute approximate surface area is 315 Å². The summed E-state index contributed by atoms with van der Waals surface area (Å²) in [6, 6.07) is 0. The van der Waals surface area contributed by atoms with E-state index in [1.165, 1.54) is 64.2 Å². The lowest BCUT2D eigenvalue weighted by molar-refractivity contribution is -0.161. The fourth-order valence-corrected chi connectivity index (χ4v) is 6.33. The van der Waals surface area contributed by atoms with Crippen molar-refractivity contribution in [3.05, 3.63) is 48.6 Å². The zero-order chi connectivity index (χ0) is 38.0. The van der Waals surface area contributed by atoms with E-state index in [0.29, 0.717) is 25.0 Å². The van der Waals surface area contributed by atoms with Gasteiger partial charge < -0.3 is 24.8 Å². The molecule has 1 heterocycles. The number of ether oxygens (including phenoxy) is 3. The second-order valence-corrected chi connectivity index (χ2v) is 15.0. The van der Waals surface area contributed by atoms with E-state index in [1.807, 2.05) is 6.08 Å². The average Bonchev–Trinajstić information content (AvgIpc) is 3.90. The number of phosphoric acid groups is 1. The molecule has 0 aromatic carbocycles. The lowest BCUT2D eigenvalue weighted by atomic mass is 10.0. The van der Waals surface area contributed by atoms with Crippen LogP contribution in [0.3, 0.4) is 0 Å². The summed E-state index contributed by atoms with van der Waals surface area (Å²) in [5.41, 5.74) is 5.33. The second-order valence-electron chi connectivity index (χ2n) is 13.5. The first-order chi connectivity index (χ1) is 25.3. The van der Waals surface area contributed by atoms with E-state index in [1.54, 1.807) is 0 Å². The van der Waals surface area contributed by atoms with Crippen LogP contribution in [0.25, 0.3) is 0 Å². The van der Waals surface area contributed by atoms with Crippen molar-refractivity contribution < 1.29 is 42.3 Å². The first kappa shape index (κ1) is 48.0. The van der Waals surface area contributed by atoms with Crippen LogP contribution in [-0.4, -0.2) is 61.5 Å². The van der Waals surface area contributed by atoms with Crippen LogP contribution < -0.4 is 5.73 Å². The topological polar surface area (TPSA) is 147 Å². The Morgan fingerprint density at radius 3 is 1.79 bits per heavy atom. The molecule has 11 heteroatoms. The lowest BCUT2D eigenvalue weighted by Crippen LogP contribution is -2.29. The molecule has 1 aliphatic rings. The predicted molar refractivity (Wildman–Crippen MR) is 210 cm³/mol. The van der Waals surface area contributed by atoms with E-state index in [0.717, 1.165) is 51.4 Å². The third-order valence-electron chi connectivity index (χ3n) is 8.70. The summed E-state index contributed by atoms with van der Waals surface area (Å²) < 4.78 is 38.2. The number of phosphoric ester groups is 1. The number of hydrogen-bond acceptors (Lipinski definition) is 9. The van der Waals surface area contributed by atoms with Crippen molar-refractivity contribution in [3.8, 4) is 0 Å². The van der Waals surface area contributed by atoms with Crippen LogP contribution in [0.5, 0.6) is 0 Å². The predicted octanol–water partition coefficient (Wildman–Crippen LogP) is 10.1. The molecule has 0 radical (unpaired) electrons. The van der Waals surface area contributed by atoms with Crippen molar-refractivity contribution >= 4 is 19.8 Å². The number of carbonyl (C=O) groups excluding carboxylic acids is 2. The highest BCUT2D eigenvalue weighted by Crippen LogP contribution is 2.43. The third kappa shape index (κ3) is 30.4. The number of carbonyl (C=O) groups is 2. The van der Waals surface area contributed by atoms with Crippen molar-refractivity contribution in [1.29, 1.82) is 0 Å². The van der Waals surface area contributed by atoms with Crippen molar-refractivity contribution in [2.24, 2.45) is 5.73 Å². The van der Waals surface area contributed by atoms with Crippen LogP contribution in [0.15, 0.2) is 48.6 Å². The van der Waals surface area contributed by atoms with Gasteiger partial charge in [-0.15, -0.1) is 0 Å². The molecule has 0 spiro atoms. The van der Waals surface area contributed by atoms with Gasteiger partial charge in [0, 0.05) is 19.4 Å². The zero-order valence-corrected chi connectivity index (χ0v) is 33.4. The largest absolute Gasteiger partial charge is 0.472 e. The Hall–Kier alpha value is -2.07. The van der Waals surface area contributed by atoms with Gasteiger partial charge in [0.25, 0.3) is 0 Å². The Bertz CT molecular complexity index is 1060. The summed E-state index contributed by atoms with van der Waals surface area (Å²) in [6.45, 7) is 3.55. The quantitative estimate of drug-likeness (QED) is 0.0208. The Balaban J connectivity index is 2.23. The summed E-state index contributed by atoms with van der Waals surface area (Å²) in [7, 11) is -4.39. The van der Waals surface area contributed by atoms with E-state index in [2.05, 4.69) is 56.4 Å². The van der Waals surface area contributed by atoms with E-state index >= 15 is 0 Å². The fraction of sp³-hybridized carbons (Fsp3) is 0.756. The van der Waals surface area contributed by atoms with Crippen LogP contribution in [0.1, 0.15) is 155 Å². The summed E-state index contributed by atoms with van der Waals surface area (Å²) in [6.07, 6.45) is 39.1. The molecule has 0 aromatic rings. The minimum atomic E-state index is -4.39. The van der Waals surface area contributed by atoms with E-state index in [-0.39, 0.29) is 32.6 Å². The van der Waals surface area contributed by atoms with Crippen LogP contribution in [0.4, 0.5) is 0 Å². The smallest absolute Gasteiger partial charge is 0.462 e. The number of allylic oxidation sites excluding steroid dienone is 7. The molecule has 300 valence electrons. The molecular formula is C41H72NO9P. The summed E-state index contributed by atoms with van der Waals surface area (Å²) >= 11 is 0. The van der Waals surface area contributed by atoms with Gasteiger partial charge in [-0.05, 0) is 51.4 Å². The highest BCUT2D eigenvalue weighted by Gasteiger charge is 2.35. The van der Waals surface area contributed by atoms with E-state index < -0.39 is 32.5 Å². The number of nitrogens with two attached hydrogens (primary N) is 1. The van der Waals surface area contributed by atoms with Gasteiger partial charge in [0.15, 0.2) is 6.10 Å². The van der Waals surface area contributed by atoms with Gasteiger partial charge in [0.2, 0.25) is 0 Å². The normalized spacial score (nSPS) is 17.8. The monoisotopic (exact) mass is 753 g/mol.